The Labute approximate surface area is 176 Å². The summed E-state index contributed by atoms with van der Waals surface area (Å²) in [5, 5.41) is 3.78. The molecule has 5 rings (SSSR count). The van der Waals surface area contributed by atoms with Gasteiger partial charge in [-0.15, -0.1) is 0 Å². The fourth-order valence-electron chi connectivity index (χ4n) is 3.82. The molecule has 3 aromatic rings. The predicted molar refractivity (Wildman–Crippen MR) is 117 cm³/mol. The van der Waals surface area contributed by atoms with Crippen molar-refractivity contribution >= 4 is 22.8 Å². The molecule has 154 valence electrons. The van der Waals surface area contributed by atoms with Crippen molar-refractivity contribution in [3.05, 3.63) is 48.4 Å². The number of piperazine rings is 1. The van der Waals surface area contributed by atoms with Crippen molar-refractivity contribution in [1.29, 1.82) is 0 Å². The minimum absolute atomic E-state index is 0.0197. The highest BCUT2D eigenvalue weighted by atomic mass is 16.2. The number of likely N-dealkylation sites (N-methyl/N-ethyl adjacent to an activating group) is 1. The molecule has 1 saturated carbocycles. The van der Waals surface area contributed by atoms with Gasteiger partial charge in [0.2, 0.25) is 11.9 Å². The average Bonchev–Trinajstić information content (AvgIpc) is 3.61. The van der Waals surface area contributed by atoms with E-state index in [1.54, 1.807) is 6.20 Å². The lowest BCUT2D eigenvalue weighted by Crippen LogP contribution is -2.43. The van der Waals surface area contributed by atoms with Crippen molar-refractivity contribution in [2.75, 3.05) is 38.5 Å². The van der Waals surface area contributed by atoms with E-state index >= 15 is 0 Å². The number of aromatic nitrogens is 3. The Kier molecular flexibility index (Phi) is 5.14. The summed E-state index contributed by atoms with van der Waals surface area (Å²) in [5.41, 5.74) is 4.18. The van der Waals surface area contributed by atoms with E-state index in [9.17, 15) is 4.79 Å². The van der Waals surface area contributed by atoms with E-state index in [1.807, 2.05) is 24.5 Å². The Bertz CT molecular complexity index is 1070. The number of hydrogen-bond donors (Lipinski definition) is 1. The molecule has 3 heterocycles. The number of amides is 1. The third kappa shape index (κ3) is 4.32. The standard InChI is InChI=1S/C23H26N6O/c1-28-6-8-29(9-7-28)15-16-10-20(13-24-12-16)18-4-5-19-14-25-23(26-21(19)11-18)27-22(30)17-2-3-17/h4-5,10-14,17H,2-3,6-9,15H2,1H3,(H,25,26,27,30). The molecule has 2 aromatic heterocycles. The van der Waals surface area contributed by atoms with Crippen LogP contribution in [0.2, 0.25) is 0 Å². The third-order valence-corrected chi connectivity index (χ3v) is 5.90. The Morgan fingerprint density at radius 2 is 1.90 bits per heavy atom. The summed E-state index contributed by atoms with van der Waals surface area (Å²) in [5.74, 6) is 0.523. The number of nitrogens with zero attached hydrogens (tertiary/aromatic N) is 5. The number of fused-ring (bicyclic) bond motifs is 1. The maximum absolute atomic E-state index is 12.0. The largest absolute Gasteiger partial charge is 0.304 e. The van der Waals surface area contributed by atoms with Gasteiger partial charge in [0.25, 0.3) is 0 Å². The van der Waals surface area contributed by atoms with E-state index in [2.05, 4.69) is 49.2 Å². The minimum atomic E-state index is 0.0197. The lowest BCUT2D eigenvalue weighted by molar-refractivity contribution is -0.117. The number of hydrogen-bond acceptors (Lipinski definition) is 6. The van der Waals surface area contributed by atoms with Gasteiger partial charge in [-0.1, -0.05) is 12.1 Å². The van der Waals surface area contributed by atoms with Crippen LogP contribution in [0.3, 0.4) is 0 Å². The molecule has 1 saturated heterocycles. The molecule has 0 unspecified atom stereocenters. The summed E-state index contributed by atoms with van der Waals surface area (Å²) in [6.07, 6.45) is 7.53. The molecule has 1 aromatic carbocycles. The summed E-state index contributed by atoms with van der Waals surface area (Å²) < 4.78 is 0. The molecular weight excluding hydrogens is 376 g/mol. The first-order chi connectivity index (χ1) is 14.6. The summed E-state index contributed by atoms with van der Waals surface area (Å²) in [6, 6.07) is 8.35. The smallest absolute Gasteiger partial charge is 0.229 e. The number of benzene rings is 1. The highest BCUT2D eigenvalue weighted by molar-refractivity contribution is 5.93. The molecule has 2 fully saturated rings. The molecule has 30 heavy (non-hydrogen) atoms. The van der Waals surface area contributed by atoms with Crippen molar-refractivity contribution in [2.24, 2.45) is 5.92 Å². The van der Waals surface area contributed by atoms with Gasteiger partial charge in [0, 0.05) is 68.2 Å². The molecule has 1 N–H and O–H groups in total. The molecule has 0 bridgehead atoms. The van der Waals surface area contributed by atoms with E-state index in [0.717, 1.165) is 67.6 Å². The molecule has 7 heteroatoms. The van der Waals surface area contributed by atoms with E-state index < -0.39 is 0 Å². The van der Waals surface area contributed by atoms with Crippen molar-refractivity contribution < 1.29 is 4.79 Å². The second-order valence-electron chi connectivity index (χ2n) is 8.39. The van der Waals surface area contributed by atoms with Crippen LogP contribution < -0.4 is 5.32 Å². The van der Waals surface area contributed by atoms with Crippen molar-refractivity contribution in [3.8, 4) is 11.1 Å². The Hall–Kier alpha value is -2.90. The molecule has 0 radical (unpaired) electrons. The molecule has 1 aliphatic carbocycles. The first-order valence-corrected chi connectivity index (χ1v) is 10.6. The Morgan fingerprint density at radius 3 is 2.70 bits per heavy atom. The fraction of sp³-hybridized carbons (Fsp3) is 0.391. The van der Waals surface area contributed by atoms with Crippen LogP contribution in [-0.2, 0) is 11.3 Å². The average molecular weight is 403 g/mol. The lowest BCUT2D eigenvalue weighted by atomic mass is 10.0. The van der Waals surface area contributed by atoms with Gasteiger partial charge in [-0.3, -0.25) is 20.0 Å². The number of rotatable bonds is 5. The number of carbonyl (C=O) groups is 1. The number of carbonyl (C=O) groups excluding carboxylic acids is 1. The van der Waals surface area contributed by atoms with Gasteiger partial charge < -0.3 is 4.90 Å². The minimum Gasteiger partial charge on any atom is -0.304 e. The van der Waals surface area contributed by atoms with Gasteiger partial charge in [0.15, 0.2) is 0 Å². The highest BCUT2D eigenvalue weighted by Gasteiger charge is 2.30. The van der Waals surface area contributed by atoms with Crippen LogP contribution in [0.15, 0.2) is 42.9 Å². The first kappa shape index (κ1) is 19.1. The van der Waals surface area contributed by atoms with E-state index in [0.29, 0.717) is 5.95 Å². The Morgan fingerprint density at radius 1 is 1.07 bits per heavy atom. The van der Waals surface area contributed by atoms with Crippen LogP contribution in [0.25, 0.3) is 22.0 Å². The molecule has 1 amide bonds. The van der Waals surface area contributed by atoms with E-state index in [1.165, 1.54) is 5.56 Å². The van der Waals surface area contributed by atoms with Gasteiger partial charge in [0.05, 0.1) is 5.52 Å². The monoisotopic (exact) mass is 402 g/mol. The second kappa shape index (κ2) is 8.08. The zero-order valence-electron chi connectivity index (χ0n) is 17.2. The zero-order chi connectivity index (χ0) is 20.5. The lowest BCUT2D eigenvalue weighted by Gasteiger charge is -2.32. The Balaban J connectivity index is 1.36. The summed E-state index contributed by atoms with van der Waals surface area (Å²) in [7, 11) is 2.17. The normalized spacial score (nSPS) is 17.9. The number of anilines is 1. The van der Waals surface area contributed by atoms with Gasteiger partial charge in [-0.25, -0.2) is 9.97 Å². The molecule has 7 nitrogen and oxygen atoms in total. The SMILES string of the molecule is CN1CCN(Cc2cncc(-c3ccc4cnc(NC(=O)C5CC5)nc4c3)c2)CC1. The van der Waals surface area contributed by atoms with Crippen LogP contribution in [0, 0.1) is 5.92 Å². The van der Waals surface area contributed by atoms with Crippen molar-refractivity contribution in [2.45, 2.75) is 19.4 Å². The highest BCUT2D eigenvalue weighted by Crippen LogP contribution is 2.30. The van der Waals surface area contributed by atoms with Crippen LogP contribution in [0.4, 0.5) is 5.95 Å². The maximum Gasteiger partial charge on any atom is 0.229 e. The van der Waals surface area contributed by atoms with E-state index in [4.69, 9.17) is 0 Å². The third-order valence-electron chi connectivity index (χ3n) is 5.90. The predicted octanol–water partition coefficient (Wildman–Crippen LogP) is 2.79. The second-order valence-corrected chi connectivity index (χ2v) is 8.39. The molecule has 0 spiro atoms. The van der Waals surface area contributed by atoms with Crippen LogP contribution in [0.5, 0.6) is 0 Å². The van der Waals surface area contributed by atoms with Gasteiger partial charge >= 0.3 is 0 Å². The fourth-order valence-corrected chi connectivity index (χ4v) is 3.82. The molecule has 0 atom stereocenters. The molecule has 2 aliphatic rings. The first-order valence-electron chi connectivity index (χ1n) is 10.6. The van der Waals surface area contributed by atoms with Crippen LogP contribution >= 0.6 is 0 Å². The van der Waals surface area contributed by atoms with Gasteiger partial charge in [0.1, 0.15) is 0 Å². The number of nitrogens with one attached hydrogen (secondary N) is 1. The molecular formula is C23H26N6O. The van der Waals surface area contributed by atoms with E-state index in [-0.39, 0.29) is 11.8 Å². The van der Waals surface area contributed by atoms with Crippen LogP contribution in [0.1, 0.15) is 18.4 Å². The topological polar surface area (TPSA) is 74.2 Å². The zero-order valence-corrected chi connectivity index (χ0v) is 17.2. The van der Waals surface area contributed by atoms with Gasteiger partial charge in [-0.2, -0.15) is 0 Å². The summed E-state index contributed by atoms with van der Waals surface area (Å²) in [6.45, 7) is 5.31. The number of pyridine rings is 1. The van der Waals surface area contributed by atoms with Gasteiger partial charge in [-0.05, 0) is 43.1 Å². The van der Waals surface area contributed by atoms with Crippen molar-refractivity contribution in [1.82, 2.24) is 24.8 Å². The summed E-state index contributed by atoms with van der Waals surface area (Å²) >= 11 is 0. The van der Waals surface area contributed by atoms with Crippen LogP contribution in [-0.4, -0.2) is 63.9 Å². The maximum atomic E-state index is 12.0. The quantitative estimate of drug-likeness (QED) is 0.707. The molecule has 1 aliphatic heterocycles. The summed E-state index contributed by atoms with van der Waals surface area (Å²) in [4.78, 5) is 30.2. The van der Waals surface area contributed by atoms with Crippen molar-refractivity contribution in [3.63, 3.8) is 0 Å².